The van der Waals surface area contributed by atoms with E-state index in [0.717, 1.165) is 17.1 Å². The van der Waals surface area contributed by atoms with Crippen molar-refractivity contribution in [2.75, 3.05) is 0 Å². The van der Waals surface area contributed by atoms with Crippen LogP contribution in [-0.4, -0.2) is 9.55 Å². The van der Waals surface area contributed by atoms with Crippen LogP contribution in [-0.2, 0) is 20.2 Å². The van der Waals surface area contributed by atoms with Crippen LogP contribution < -0.4 is 10.5 Å². The van der Waals surface area contributed by atoms with Crippen LogP contribution >= 0.6 is 0 Å². The first kappa shape index (κ1) is 10.7. The maximum atomic E-state index is 5.63. The predicted molar refractivity (Wildman–Crippen MR) is 61.9 cm³/mol. The molecule has 0 fully saturated rings. The van der Waals surface area contributed by atoms with E-state index < -0.39 is 0 Å². The highest BCUT2D eigenvalue weighted by Crippen LogP contribution is 2.14. The predicted octanol–water partition coefficient (Wildman–Crippen LogP) is 1.46. The minimum Gasteiger partial charge on any atom is -0.486 e. The van der Waals surface area contributed by atoms with Crippen molar-refractivity contribution in [1.82, 2.24) is 9.55 Å². The Bertz CT molecular complexity index is 465. The molecule has 4 heteroatoms. The monoisotopic (exact) mass is 217 g/mol. The highest BCUT2D eigenvalue weighted by Gasteiger charge is 2.00. The van der Waals surface area contributed by atoms with Gasteiger partial charge in [-0.05, 0) is 17.7 Å². The molecule has 0 saturated heterocycles. The minimum atomic E-state index is 0.470. The van der Waals surface area contributed by atoms with Gasteiger partial charge in [0.25, 0.3) is 0 Å². The van der Waals surface area contributed by atoms with Crippen molar-refractivity contribution in [3.05, 3.63) is 48.0 Å². The number of benzene rings is 1. The first-order valence-electron chi connectivity index (χ1n) is 5.17. The van der Waals surface area contributed by atoms with Crippen LogP contribution in [0.1, 0.15) is 11.4 Å². The van der Waals surface area contributed by atoms with Gasteiger partial charge in [0.05, 0.1) is 0 Å². The first-order chi connectivity index (χ1) is 7.79. The summed E-state index contributed by atoms with van der Waals surface area (Å²) in [5.41, 5.74) is 6.63. The average molecular weight is 217 g/mol. The highest BCUT2D eigenvalue weighted by molar-refractivity contribution is 5.28. The Morgan fingerprint density at radius 2 is 2.31 bits per heavy atom. The number of nitrogens with two attached hydrogens (primary N) is 1. The number of imidazole rings is 1. The van der Waals surface area contributed by atoms with Crippen LogP contribution in [0.15, 0.2) is 36.7 Å². The zero-order valence-corrected chi connectivity index (χ0v) is 9.26. The topological polar surface area (TPSA) is 53.1 Å². The Morgan fingerprint density at radius 3 is 3.00 bits per heavy atom. The van der Waals surface area contributed by atoms with Crippen LogP contribution in [0.2, 0.25) is 0 Å². The lowest BCUT2D eigenvalue weighted by Gasteiger charge is -2.07. The van der Waals surface area contributed by atoms with Gasteiger partial charge in [-0.3, -0.25) is 0 Å². The summed E-state index contributed by atoms with van der Waals surface area (Å²) in [5, 5.41) is 0. The summed E-state index contributed by atoms with van der Waals surface area (Å²) < 4.78 is 7.57. The molecule has 2 rings (SSSR count). The standard InChI is InChI=1S/C12H15N3O/c1-15-6-5-14-12(15)9-16-11-4-2-3-10(7-11)8-13/h2-7H,8-9,13H2,1H3. The van der Waals surface area contributed by atoms with Gasteiger partial charge in [0.2, 0.25) is 0 Å². The maximum Gasteiger partial charge on any atom is 0.146 e. The first-order valence-corrected chi connectivity index (χ1v) is 5.17. The zero-order valence-electron chi connectivity index (χ0n) is 9.26. The van der Waals surface area contributed by atoms with Gasteiger partial charge in [0.1, 0.15) is 18.2 Å². The summed E-state index contributed by atoms with van der Waals surface area (Å²) in [5.74, 6) is 1.73. The number of ether oxygens (including phenoxy) is 1. The molecule has 1 aromatic carbocycles. The van der Waals surface area contributed by atoms with Gasteiger partial charge in [-0.15, -0.1) is 0 Å². The van der Waals surface area contributed by atoms with Gasteiger partial charge in [0.15, 0.2) is 0 Å². The van der Waals surface area contributed by atoms with Crippen LogP contribution in [0.4, 0.5) is 0 Å². The molecule has 16 heavy (non-hydrogen) atoms. The van der Waals surface area contributed by atoms with Crippen molar-refractivity contribution < 1.29 is 4.74 Å². The molecule has 2 N–H and O–H groups in total. The second-order valence-electron chi connectivity index (χ2n) is 3.59. The number of hydrogen-bond acceptors (Lipinski definition) is 3. The number of nitrogens with zero attached hydrogens (tertiary/aromatic N) is 2. The normalized spacial score (nSPS) is 10.4. The molecule has 4 nitrogen and oxygen atoms in total. The van der Waals surface area contributed by atoms with Gasteiger partial charge in [0, 0.05) is 26.0 Å². The molecule has 84 valence electrons. The van der Waals surface area contributed by atoms with E-state index in [1.165, 1.54) is 0 Å². The molecule has 0 aliphatic rings. The number of hydrogen-bond donors (Lipinski definition) is 1. The molecule has 0 radical (unpaired) electrons. The molecule has 2 aromatic rings. The quantitative estimate of drug-likeness (QED) is 0.843. The Labute approximate surface area is 94.7 Å². The van der Waals surface area contributed by atoms with Crippen LogP contribution in [0.5, 0.6) is 5.75 Å². The Balaban J connectivity index is 2.02. The van der Waals surface area contributed by atoms with Crippen molar-refractivity contribution in [2.45, 2.75) is 13.2 Å². The fourth-order valence-electron chi connectivity index (χ4n) is 1.45. The molecule has 0 spiro atoms. The van der Waals surface area contributed by atoms with Crippen LogP contribution in [0.3, 0.4) is 0 Å². The Morgan fingerprint density at radius 1 is 1.44 bits per heavy atom. The van der Waals surface area contributed by atoms with Crippen molar-refractivity contribution in [3.63, 3.8) is 0 Å². The van der Waals surface area contributed by atoms with E-state index in [4.69, 9.17) is 10.5 Å². The van der Waals surface area contributed by atoms with E-state index in [-0.39, 0.29) is 0 Å². The Hall–Kier alpha value is -1.81. The highest BCUT2D eigenvalue weighted by atomic mass is 16.5. The number of aryl methyl sites for hydroxylation is 1. The summed E-state index contributed by atoms with van der Waals surface area (Å²) in [4.78, 5) is 4.19. The lowest BCUT2D eigenvalue weighted by Crippen LogP contribution is -2.03. The average Bonchev–Trinajstić information content (AvgIpc) is 2.72. The van der Waals surface area contributed by atoms with Crippen LogP contribution in [0, 0.1) is 0 Å². The Kier molecular flexibility index (Phi) is 3.22. The lowest BCUT2D eigenvalue weighted by molar-refractivity contribution is 0.291. The van der Waals surface area contributed by atoms with Gasteiger partial charge >= 0.3 is 0 Å². The smallest absolute Gasteiger partial charge is 0.146 e. The van der Waals surface area contributed by atoms with Crippen LogP contribution in [0.25, 0.3) is 0 Å². The lowest BCUT2D eigenvalue weighted by atomic mass is 10.2. The third-order valence-electron chi connectivity index (χ3n) is 2.42. The van der Waals surface area contributed by atoms with Crippen molar-refractivity contribution in [3.8, 4) is 5.75 Å². The maximum absolute atomic E-state index is 5.63. The summed E-state index contributed by atoms with van der Waals surface area (Å²) in [6.45, 7) is 0.997. The van der Waals surface area contributed by atoms with Crippen molar-refractivity contribution in [2.24, 2.45) is 12.8 Å². The molecular formula is C12H15N3O. The van der Waals surface area contributed by atoms with Crippen molar-refractivity contribution in [1.29, 1.82) is 0 Å². The molecule has 1 aromatic heterocycles. The van der Waals surface area contributed by atoms with E-state index in [2.05, 4.69) is 4.98 Å². The van der Waals surface area contributed by atoms with Crippen molar-refractivity contribution >= 4 is 0 Å². The second-order valence-corrected chi connectivity index (χ2v) is 3.59. The third kappa shape index (κ3) is 2.41. The van der Waals surface area contributed by atoms with Gasteiger partial charge < -0.3 is 15.0 Å². The molecule has 0 bridgehead atoms. The second kappa shape index (κ2) is 4.81. The largest absolute Gasteiger partial charge is 0.486 e. The molecular weight excluding hydrogens is 202 g/mol. The zero-order chi connectivity index (χ0) is 11.4. The van der Waals surface area contributed by atoms with E-state index >= 15 is 0 Å². The van der Waals surface area contributed by atoms with E-state index in [1.807, 2.05) is 42.1 Å². The third-order valence-corrected chi connectivity index (χ3v) is 2.42. The molecule has 0 saturated carbocycles. The SMILES string of the molecule is Cn1ccnc1COc1cccc(CN)c1. The molecule has 0 aliphatic carbocycles. The molecule has 0 aliphatic heterocycles. The summed E-state index contributed by atoms with van der Waals surface area (Å²) >= 11 is 0. The molecule has 1 heterocycles. The molecule has 0 amide bonds. The van der Waals surface area contributed by atoms with Gasteiger partial charge in [-0.1, -0.05) is 12.1 Å². The molecule has 0 atom stereocenters. The fraction of sp³-hybridized carbons (Fsp3) is 0.250. The molecule has 0 unspecified atom stereocenters. The minimum absolute atomic E-state index is 0.470. The summed E-state index contributed by atoms with van der Waals surface area (Å²) in [6, 6.07) is 7.79. The summed E-state index contributed by atoms with van der Waals surface area (Å²) in [7, 11) is 1.95. The van der Waals surface area contributed by atoms with E-state index in [1.54, 1.807) is 6.20 Å². The van der Waals surface area contributed by atoms with E-state index in [0.29, 0.717) is 13.2 Å². The summed E-state index contributed by atoms with van der Waals surface area (Å²) in [6.07, 6.45) is 3.66. The van der Waals surface area contributed by atoms with Gasteiger partial charge in [-0.25, -0.2) is 4.98 Å². The number of aromatic nitrogens is 2. The fourth-order valence-corrected chi connectivity index (χ4v) is 1.45. The number of rotatable bonds is 4. The van der Waals surface area contributed by atoms with Gasteiger partial charge in [-0.2, -0.15) is 0 Å². The van der Waals surface area contributed by atoms with E-state index in [9.17, 15) is 0 Å².